The highest BCUT2D eigenvalue weighted by atomic mass is 14.2. The third-order valence-corrected chi connectivity index (χ3v) is 3.07. The third-order valence-electron chi connectivity index (χ3n) is 3.07. The van der Waals surface area contributed by atoms with Crippen molar-refractivity contribution in [3.63, 3.8) is 0 Å². The fourth-order valence-corrected chi connectivity index (χ4v) is 2.33. The third kappa shape index (κ3) is 1.46. The lowest BCUT2D eigenvalue weighted by Crippen LogP contribution is -1.87. The van der Waals surface area contributed by atoms with E-state index in [1.54, 1.807) is 0 Å². The molecule has 0 aliphatic heterocycles. The highest BCUT2D eigenvalue weighted by Gasteiger charge is 2.14. The maximum atomic E-state index is 2.36. The molecule has 0 bridgehead atoms. The van der Waals surface area contributed by atoms with Crippen molar-refractivity contribution < 1.29 is 0 Å². The average molecular weight is 193 g/mol. The summed E-state index contributed by atoms with van der Waals surface area (Å²) in [7, 11) is 0. The molecule has 0 saturated heterocycles. The molecule has 2 aromatic rings. The van der Waals surface area contributed by atoms with Crippen molar-refractivity contribution in [3.8, 4) is 11.1 Å². The second-order valence-electron chi connectivity index (χ2n) is 4.01. The molecule has 2 aromatic carbocycles. The molecule has 15 heavy (non-hydrogen) atoms. The first-order chi connectivity index (χ1) is 7.45. The van der Waals surface area contributed by atoms with Crippen LogP contribution in [0, 0.1) is 6.42 Å². The summed E-state index contributed by atoms with van der Waals surface area (Å²) in [5.41, 5.74) is 5.76. The van der Waals surface area contributed by atoms with Crippen LogP contribution in [0.15, 0.2) is 48.5 Å². The van der Waals surface area contributed by atoms with Crippen molar-refractivity contribution in [2.75, 3.05) is 0 Å². The van der Waals surface area contributed by atoms with Gasteiger partial charge in [-0.25, -0.2) is 0 Å². The van der Waals surface area contributed by atoms with E-state index in [0.29, 0.717) is 0 Å². The Hall–Kier alpha value is -1.56. The van der Waals surface area contributed by atoms with Crippen LogP contribution in [0.1, 0.15) is 11.1 Å². The highest BCUT2D eigenvalue weighted by Crippen LogP contribution is 2.31. The SMILES string of the molecule is [CH]1Cc2cccc(-c3ccccc3)c2C1. The molecule has 1 aliphatic rings. The van der Waals surface area contributed by atoms with Crippen LogP contribution < -0.4 is 0 Å². The zero-order chi connectivity index (χ0) is 10.1. The smallest absolute Gasteiger partial charge is 0.0149 e. The molecule has 3 rings (SSSR count). The molecule has 0 unspecified atom stereocenters. The lowest BCUT2D eigenvalue weighted by atomic mass is 9.97. The van der Waals surface area contributed by atoms with Gasteiger partial charge in [0.05, 0.1) is 0 Å². The molecule has 0 heteroatoms. The zero-order valence-corrected chi connectivity index (χ0v) is 8.61. The largest absolute Gasteiger partial charge is 0.0622 e. The molecule has 0 aromatic heterocycles. The van der Waals surface area contributed by atoms with E-state index in [-0.39, 0.29) is 0 Å². The summed E-state index contributed by atoms with van der Waals surface area (Å²) in [5.74, 6) is 0. The van der Waals surface area contributed by atoms with E-state index in [9.17, 15) is 0 Å². The molecule has 0 saturated carbocycles. The van der Waals surface area contributed by atoms with Crippen LogP contribution in [0.5, 0.6) is 0 Å². The number of hydrogen-bond donors (Lipinski definition) is 0. The van der Waals surface area contributed by atoms with Crippen molar-refractivity contribution >= 4 is 0 Å². The van der Waals surface area contributed by atoms with E-state index < -0.39 is 0 Å². The van der Waals surface area contributed by atoms with E-state index in [2.05, 4.69) is 55.0 Å². The Morgan fingerprint density at radius 1 is 0.733 bits per heavy atom. The summed E-state index contributed by atoms with van der Waals surface area (Å²) >= 11 is 0. The van der Waals surface area contributed by atoms with Crippen LogP contribution in [0.2, 0.25) is 0 Å². The van der Waals surface area contributed by atoms with Crippen molar-refractivity contribution in [2.24, 2.45) is 0 Å². The first kappa shape index (κ1) is 8.72. The highest BCUT2D eigenvalue weighted by molar-refractivity contribution is 5.70. The standard InChI is InChI=1S/C15H13/c1-2-6-12(7-3-1)14-10-4-8-13-9-5-11-15(13)14/h1-8,10H,9,11H2. The van der Waals surface area contributed by atoms with Gasteiger partial charge in [0.15, 0.2) is 0 Å². The Kier molecular flexibility index (Phi) is 2.06. The Morgan fingerprint density at radius 2 is 1.60 bits per heavy atom. The van der Waals surface area contributed by atoms with Crippen LogP contribution in [-0.2, 0) is 12.8 Å². The van der Waals surface area contributed by atoms with Gasteiger partial charge in [0.2, 0.25) is 0 Å². The fraction of sp³-hybridized carbons (Fsp3) is 0.133. The molecular formula is C15H13. The molecule has 73 valence electrons. The number of benzene rings is 2. The molecule has 0 spiro atoms. The molecular weight excluding hydrogens is 180 g/mol. The quantitative estimate of drug-likeness (QED) is 0.648. The second kappa shape index (κ2) is 3.54. The Labute approximate surface area is 90.6 Å². The van der Waals surface area contributed by atoms with Gasteiger partial charge in [-0.05, 0) is 41.5 Å². The minimum atomic E-state index is 1.13. The first-order valence-corrected chi connectivity index (χ1v) is 5.43. The predicted octanol–water partition coefficient (Wildman–Crippen LogP) is 3.66. The van der Waals surface area contributed by atoms with Crippen LogP contribution >= 0.6 is 0 Å². The lowest BCUT2D eigenvalue weighted by molar-refractivity contribution is 1.17. The summed E-state index contributed by atoms with van der Waals surface area (Å²) in [4.78, 5) is 0. The predicted molar refractivity (Wildman–Crippen MR) is 63.6 cm³/mol. The van der Waals surface area contributed by atoms with Crippen molar-refractivity contribution in [1.29, 1.82) is 0 Å². The fourth-order valence-electron chi connectivity index (χ4n) is 2.33. The Bertz CT molecular complexity index is 469. The maximum absolute atomic E-state index is 2.36. The van der Waals surface area contributed by atoms with E-state index in [4.69, 9.17) is 0 Å². The Morgan fingerprint density at radius 3 is 2.47 bits per heavy atom. The molecule has 0 N–H and O–H groups in total. The van der Waals surface area contributed by atoms with Crippen LogP contribution in [-0.4, -0.2) is 0 Å². The first-order valence-electron chi connectivity index (χ1n) is 5.43. The Balaban J connectivity index is 2.17. The molecule has 0 fully saturated rings. The minimum Gasteiger partial charge on any atom is -0.0622 e. The lowest BCUT2D eigenvalue weighted by Gasteiger charge is -2.07. The van der Waals surface area contributed by atoms with Gasteiger partial charge in [0.1, 0.15) is 0 Å². The summed E-state index contributed by atoms with van der Waals surface area (Å²) in [5, 5.41) is 0. The van der Waals surface area contributed by atoms with Crippen molar-refractivity contribution in [1.82, 2.24) is 0 Å². The molecule has 0 nitrogen and oxygen atoms in total. The summed E-state index contributed by atoms with van der Waals surface area (Å²) in [6.07, 6.45) is 4.62. The topological polar surface area (TPSA) is 0 Å². The van der Waals surface area contributed by atoms with Crippen LogP contribution in [0.25, 0.3) is 11.1 Å². The van der Waals surface area contributed by atoms with E-state index in [1.807, 2.05) is 0 Å². The molecule has 0 atom stereocenters. The number of hydrogen-bond acceptors (Lipinski definition) is 0. The van der Waals surface area contributed by atoms with Gasteiger partial charge < -0.3 is 0 Å². The summed E-state index contributed by atoms with van der Waals surface area (Å²) < 4.78 is 0. The van der Waals surface area contributed by atoms with Gasteiger partial charge in [-0.15, -0.1) is 0 Å². The van der Waals surface area contributed by atoms with Crippen molar-refractivity contribution in [3.05, 3.63) is 66.1 Å². The van der Waals surface area contributed by atoms with Gasteiger partial charge >= 0.3 is 0 Å². The van der Waals surface area contributed by atoms with Gasteiger partial charge in [-0.2, -0.15) is 0 Å². The molecule has 0 heterocycles. The number of fused-ring (bicyclic) bond motifs is 1. The molecule has 1 radical (unpaired) electrons. The van der Waals surface area contributed by atoms with E-state index in [1.165, 1.54) is 22.3 Å². The van der Waals surface area contributed by atoms with Gasteiger partial charge in [-0.1, -0.05) is 48.5 Å². The van der Waals surface area contributed by atoms with Gasteiger partial charge in [-0.3, -0.25) is 0 Å². The summed E-state index contributed by atoms with van der Waals surface area (Å²) in [6, 6.07) is 17.3. The normalized spacial score (nSPS) is 13.9. The molecule has 0 amide bonds. The van der Waals surface area contributed by atoms with Crippen LogP contribution in [0.4, 0.5) is 0 Å². The van der Waals surface area contributed by atoms with Gasteiger partial charge in [0, 0.05) is 0 Å². The van der Waals surface area contributed by atoms with Crippen LogP contribution in [0.3, 0.4) is 0 Å². The second-order valence-corrected chi connectivity index (χ2v) is 4.01. The average Bonchev–Trinajstić information content (AvgIpc) is 2.78. The minimum absolute atomic E-state index is 1.13. The monoisotopic (exact) mass is 193 g/mol. The zero-order valence-electron chi connectivity index (χ0n) is 8.61. The van der Waals surface area contributed by atoms with E-state index >= 15 is 0 Å². The van der Waals surface area contributed by atoms with E-state index in [0.717, 1.165) is 12.8 Å². The van der Waals surface area contributed by atoms with Gasteiger partial charge in [0.25, 0.3) is 0 Å². The molecule has 1 aliphatic carbocycles. The summed E-state index contributed by atoms with van der Waals surface area (Å²) in [6.45, 7) is 0. The maximum Gasteiger partial charge on any atom is -0.0149 e. The van der Waals surface area contributed by atoms with Crippen molar-refractivity contribution in [2.45, 2.75) is 12.8 Å². The number of rotatable bonds is 1.